The van der Waals surface area contributed by atoms with Gasteiger partial charge in [0.25, 0.3) is 35.4 Å². The Labute approximate surface area is 601 Å². The lowest BCUT2D eigenvalue weighted by Gasteiger charge is -2.42. The number of halogens is 1. The second-order valence-electron chi connectivity index (χ2n) is 28.4. The van der Waals surface area contributed by atoms with Gasteiger partial charge in [0.05, 0.1) is 46.8 Å². The molecule has 6 aliphatic rings. The van der Waals surface area contributed by atoms with E-state index in [-0.39, 0.29) is 94.5 Å². The average molecular weight is 1400 g/mol. The van der Waals surface area contributed by atoms with Crippen LogP contribution in [0.2, 0.25) is 0 Å². The summed E-state index contributed by atoms with van der Waals surface area (Å²) in [5, 5.41) is 18.3. The summed E-state index contributed by atoms with van der Waals surface area (Å²) >= 11 is 0. The number of likely N-dealkylation sites (tertiary alicyclic amines) is 3. The molecule has 6 heterocycles. The van der Waals surface area contributed by atoms with Gasteiger partial charge in [-0.2, -0.15) is 0 Å². The Kier molecular flexibility index (Phi) is 23.4. The molecule has 23 heteroatoms. The Balaban J connectivity index is 0.664. The first-order valence-electron chi connectivity index (χ1n) is 36.7. The van der Waals surface area contributed by atoms with Crippen LogP contribution < -0.4 is 51.3 Å². The van der Waals surface area contributed by atoms with Crippen molar-refractivity contribution in [3.63, 3.8) is 0 Å². The number of hydrogen-bond acceptors (Lipinski definition) is 13. The van der Waals surface area contributed by atoms with Crippen LogP contribution in [0.4, 0.5) is 38.5 Å². The minimum absolute atomic E-state index is 0.00168. The third-order valence-corrected chi connectivity index (χ3v) is 21.3. The number of piperidine rings is 3. The fourth-order valence-corrected chi connectivity index (χ4v) is 16.0. The average Bonchev–Trinajstić information content (AvgIpc) is 1.70. The summed E-state index contributed by atoms with van der Waals surface area (Å²) in [6.07, 6.45) is 8.74. The summed E-state index contributed by atoms with van der Waals surface area (Å²) in [5.74, 6) is -3.57. The molecule has 542 valence electrons. The Morgan fingerprint density at radius 1 is 0.485 bits per heavy atom. The van der Waals surface area contributed by atoms with Crippen LogP contribution in [0, 0.1) is 24.6 Å². The molecule has 103 heavy (non-hydrogen) atoms. The molecule has 6 aliphatic heterocycles. The van der Waals surface area contributed by atoms with Crippen LogP contribution >= 0.6 is 0 Å². The number of nitrogens with one attached hydrogen (secondary N) is 6. The predicted octanol–water partition coefficient (Wildman–Crippen LogP) is 10.7. The molecule has 6 aromatic rings. The van der Waals surface area contributed by atoms with E-state index < -0.39 is 35.4 Å². The van der Waals surface area contributed by atoms with Gasteiger partial charge in [0, 0.05) is 129 Å². The summed E-state index contributed by atoms with van der Waals surface area (Å²) in [4.78, 5) is 138. The van der Waals surface area contributed by atoms with Gasteiger partial charge in [-0.25, -0.2) is 4.39 Å². The van der Waals surface area contributed by atoms with Crippen molar-refractivity contribution in [2.24, 2.45) is 11.8 Å². The van der Waals surface area contributed by atoms with Crippen molar-refractivity contribution >= 4 is 87.3 Å². The highest BCUT2D eigenvalue weighted by Gasteiger charge is 2.45. The van der Waals surface area contributed by atoms with Gasteiger partial charge in [-0.15, -0.1) is 0 Å². The van der Waals surface area contributed by atoms with Crippen LogP contribution in [-0.2, 0) is 14.4 Å². The van der Waals surface area contributed by atoms with Crippen molar-refractivity contribution in [2.45, 2.75) is 141 Å². The van der Waals surface area contributed by atoms with Gasteiger partial charge in [-0.3, -0.25) is 53.0 Å². The minimum atomic E-state index is -0.668. The third-order valence-electron chi connectivity index (χ3n) is 21.3. The third kappa shape index (κ3) is 17.1. The summed E-state index contributed by atoms with van der Waals surface area (Å²) < 4.78 is 20.7. The summed E-state index contributed by atoms with van der Waals surface area (Å²) in [6.45, 7) is 15.3. The number of aryl methyl sites for hydroxylation is 1. The molecule has 9 amide bonds. The molecule has 0 bridgehead atoms. The number of anilines is 6. The van der Waals surface area contributed by atoms with Crippen molar-refractivity contribution in [1.29, 1.82) is 0 Å². The Bertz CT molecular complexity index is 4180. The molecule has 6 N–H and O–H groups in total. The molecule has 0 aliphatic carbocycles. The quantitative estimate of drug-likeness (QED) is 0.0330. The van der Waals surface area contributed by atoms with E-state index in [1.165, 1.54) is 19.2 Å². The van der Waals surface area contributed by atoms with Crippen LogP contribution in [0.1, 0.15) is 172 Å². The number of methoxy groups -OCH3 is 1. The smallest absolute Gasteiger partial charge is 0.255 e. The van der Waals surface area contributed by atoms with Crippen LogP contribution in [0.3, 0.4) is 0 Å². The lowest BCUT2D eigenvalue weighted by molar-refractivity contribution is -0.123. The highest BCUT2D eigenvalue weighted by molar-refractivity contribution is 6.12. The Morgan fingerprint density at radius 3 is 1.59 bits per heavy atom. The molecule has 0 radical (unpaired) electrons. The number of benzene rings is 6. The standard InChI is InChI=1S/C80H95FN12O10/c1-6-31-88-35-26-56(27-36-88)82-79(101)66-48-62(103-5)22-25-67(66)85-74(96)52-14-10-17-60(42-52)92-39-30-65(80(92)102)71-47-58(29-38-90(71)33-8-3)84-78(100)64-24-21-55(81)45-69(64)87-76(98)53-15-11-18-61(43-53)93-49-54(44-73(93)95)70-46-57(28-37-89(70)32-7-2)83-77(99)63-23-20-50(4)40-68(63)86-75(97)51-13-9-16-59(41-51)91-34-12-19-72(91)94/h9-11,13-18,20-25,40-43,45,48,54,56-58,65,70-71H,6-8,12,19,26-39,44,46-47,49H2,1-5H3,(H,82,101)(H,83,99)(H,84,100)(H,85,96)(H,86,97)(H,87,98). The fraction of sp³-hybridized carbons (Fsp3) is 0.438. The van der Waals surface area contributed by atoms with Gasteiger partial charge in [-0.05, 0) is 206 Å². The fourth-order valence-electron chi connectivity index (χ4n) is 16.0. The van der Waals surface area contributed by atoms with Crippen molar-refractivity contribution < 1.29 is 52.3 Å². The molecule has 6 saturated heterocycles. The van der Waals surface area contributed by atoms with E-state index in [4.69, 9.17) is 4.74 Å². The number of carbonyl (C=O) groups excluding carboxylic acids is 9. The summed E-state index contributed by atoms with van der Waals surface area (Å²) in [5.41, 5.74) is 4.71. The van der Waals surface area contributed by atoms with E-state index in [0.717, 1.165) is 82.9 Å². The van der Waals surface area contributed by atoms with E-state index in [0.29, 0.717) is 122 Å². The number of nitrogens with zero attached hydrogens (tertiary/aromatic N) is 6. The minimum Gasteiger partial charge on any atom is -0.497 e. The largest absolute Gasteiger partial charge is 0.497 e. The normalized spacial score (nSPS) is 21.3. The molecule has 22 nitrogen and oxygen atoms in total. The highest BCUT2D eigenvalue weighted by atomic mass is 19.1. The van der Waals surface area contributed by atoms with Gasteiger partial charge in [0.1, 0.15) is 11.6 Å². The molecule has 6 fully saturated rings. The first kappa shape index (κ1) is 72.9. The van der Waals surface area contributed by atoms with Crippen molar-refractivity contribution in [1.82, 2.24) is 30.7 Å². The number of ether oxygens (including phenoxy) is 1. The highest BCUT2D eigenvalue weighted by Crippen LogP contribution is 2.38. The van der Waals surface area contributed by atoms with Gasteiger partial charge in [0.2, 0.25) is 17.7 Å². The van der Waals surface area contributed by atoms with Crippen molar-refractivity contribution in [3.8, 4) is 5.75 Å². The molecular weight excluding hydrogens is 1310 g/mol. The molecule has 6 unspecified atom stereocenters. The lowest BCUT2D eigenvalue weighted by atomic mass is 9.86. The monoisotopic (exact) mass is 1400 g/mol. The topological polar surface area (TPSA) is 254 Å². The van der Waals surface area contributed by atoms with Gasteiger partial charge in [0.15, 0.2) is 0 Å². The van der Waals surface area contributed by atoms with Crippen LogP contribution in [0.5, 0.6) is 5.75 Å². The van der Waals surface area contributed by atoms with Gasteiger partial charge >= 0.3 is 0 Å². The first-order chi connectivity index (χ1) is 49.8. The zero-order valence-corrected chi connectivity index (χ0v) is 59.6. The number of rotatable bonds is 24. The van der Waals surface area contributed by atoms with E-state index in [1.807, 2.05) is 19.1 Å². The molecule has 0 aromatic heterocycles. The Hall–Kier alpha value is -9.84. The van der Waals surface area contributed by atoms with E-state index in [9.17, 15) is 43.2 Å². The molecule has 6 atom stereocenters. The molecule has 6 aromatic carbocycles. The molecule has 0 spiro atoms. The maximum Gasteiger partial charge on any atom is 0.255 e. The van der Waals surface area contributed by atoms with Crippen LogP contribution in [0.15, 0.2) is 127 Å². The zero-order valence-electron chi connectivity index (χ0n) is 59.6. The van der Waals surface area contributed by atoms with Crippen molar-refractivity contribution in [3.05, 3.63) is 172 Å². The Morgan fingerprint density at radius 2 is 1.01 bits per heavy atom. The van der Waals surface area contributed by atoms with Gasteiger partial charge < -0.3 is 56.2 Å². The molecular formula is C80H95FN12O10. The summed E-state index contributed by atoms with van der Waals surface area (Å²) in [6, 6.07) is 33.5. The maximum absolute atomic E-state index is 15.2. The van der Waals surface area contributed by atoms with Crippen molar-refractivity contribution in [2.75, 3.05) is 103 Å². The summed E-state index contributed by atoms with van der Waals surface area (Å²) in [7, 11) is 1.52. The van der Waals surface area contributed by atoms with Gasteiger partial charge in [-0.1, -0.05) is 45.0 Å². The number of carbonyl (C=O) groups is 9. The van der Waals surface area contributed by atoms with Crippen LogP contribution in [0.25, 0.3) is 0 Å². The van der Waals surface area contributed by atoms with E-state index in [2.05, 4.69) is 67.4 Å². The predicted molar refractivity (Wildman–Crippen MR) is 396 cm³/mol. The lowest BCUT2D eigenvalue weighted by Crippen LogP contribution is -2.54. The maximum atomic E-state index is 15.2. The number of amides is 9. The SMILES string of the molecule is CCCN1CCC(NC(=O)c2cc(OC)ccc2NC(=O)c2cccc(N3CCC(C4CC(NC(=O)c5ccc(F)cc5NC(=O)c5cccc(N6CC(C7CC(NC(=O)c8ccc(C)cc8NC(=O)c8cccc(N9CCCC9=O)c8)CCN7CCC)CC6=O)c5)CCN4CCC)C3=O)c2)CC1. The second-order valence-corrected chi connectivity index (χ2v) is 28.4. The van der Waals surface area contributed by atoms with E-state index >= 15 is 4.39 Å². The second kappa shape index (κ2) is 33.1. The number of hydrogen-bond donors (Lipinski definition) is 6. The van der Waals surface area contributed by atoms with Crippen LogP contribution in [-0.4, -0.2) is 171 Å². The first-order valence-corrected chi connectivity index (χ1v) is 36.7. The van der Waals surface area contributed by atoms with E-state index in [1.54, 1.807) is 112 Å². The molecule has 0 saturated carbocycles. The zero-order chi connectivity index (χ0) is 72.4. The molecule has 12 rings (SSSR count).